The van der Waals surface area contributed by atoms with E-state index < -0.39 is 0 Å². The Morgan fingerprint density at radius 1 is 1.45 bits per heavy atom. The molecule has 4 nitrogen and oxygen atoms in total. The van der Waals surface area contributed by atoms with Crippen LogP contribution < -0.4 is 5.73 Å². The molecule has 5 heteroatoms. The molecule has 1 amide bonds. The summed E-state index contributed by atoms with van der Waals surface area (Å²) < 4.78 is 0. The molecule has 0 radical (unpaired) electrons. The van der Waals surface area contributed by atoms with Crippen LogP contribution in [-0.2, 0) is 6.54 Å². The molecule has 0 saturated carbocycles. The van der Waals surface area contributed by atoms with Crippen molar-refractivity contribution < 1.29 is 4.79 Å². The number of carbonyl (C=O) groups excluding carboxylic acids is 1. The van der Waals surface area contributed by atoms with Gasteiger partial charge >= 0.3 is 0 Å². The molecule has 2 N–H and O–H groups in total. The lowest BCUT2D eigenvalue weighted by atomic mass is 10.2. The van der Waals surface area contributed by atoms with E-state index in [0.29, 0.717) is 18.7 Å². The summed E-state index contributed by atoms with van der Waals surface area (Å²) in [6.45, 7) is 0.879. The number of aromatic nitrogens is 1. The number of hydrogen-bond donors (Lipinski definition) is 1. The average Bonchev–Trinajstić information content (AvgIpc) is 2.94. The van der Waals surface area contributed by atoms with Gasteiger partial charge in [0.15, 0.2) is 0 Å². The van der Waals surface area contributed by atoms with E-state index in [-0.39, 0.29) is 5.91 Å². The SMILES string of the molecule is CN(Cc1ccncc1)C(=O)c1csc(C#CCN)c1. The Hall–Kier alpha value is -2.16. The molecule has 102 valence electrons. The highest BCUT2D eigenvalue weighted by Gasteiger charge is 2.13. The number of hydrogen-bond acceptors (Lipinski definition) is 4. The zero-order valence-electron chi connectivity index (χ0n) is 11.2. The Bertz CT molecular complexity index is 640. The van der Waals surface area contributed by atoms with Gasteiger partial charge in [-0.15, -0.1) is 11.3 Å². The van der Waals surface area contributed by atoms with E-state index in [1.807, 2.05) is 17.5 Å². The summed E-state index contributed by atoms with van der Waals surface area (Å²) in [6, 6.07) is 5.60. The topological polar surface area (TPSA) is 59.2 Å². The fraction of sp³-hybridized carbons (Fsp3) is 0.200. The summed E-state index contributed by atoms with van der Waals surface area (Å²) in [6.07, 6.45) is 3.44. The first kappa shape index (κ1) is 14.3. The Morgan fingerprint density at radius 3 is 2.90 bits per heavy atom. The van der Waals surface area contributed by atoms with Crippen molar-refractivity contribution in [3.8, 4) is 11.8 Å². The molecule has 2 rings (SSSR count). The molecule has 0 bridgehead atoms. The van der Waals surface area contributed by atoms with E-state index in [9.17, 15) is 4.79 Å². The van der Waals surface area contributed by atoms with Crippen LogP contribution in [0.15, 0.2) is 36.0 Å². The molecular formula is C15H15N3OS. The van der Waals surface area contributed by atoms with Crippen LogP contribution in [0.4, 0.5) is 0 Å². The minimum atomic E-state index is -0.0149. The quantitative estimate of drug-likeness (QED) is 0.874. The van der Waals surface area contributed by atoms with Crippen molar-refractivity contribution >= 4 is 17.2 Å². The molecule has 0 fully saturated rings. The molecule has 0 aliphatic heterocycles. The monoisotopic (exact) mass is 285 g/mol. The highest BCUT2D eigenvalue weighted by atomic mass is 32.1. The lowest BCUT2D eigenvalue weighted by Crippen LogP contribution is -2.25. The van der Waals surface area contributed by atoms with Crippen molar-refractivity contribution in [2.45, 2.75) is 6.54 Å². The van der Waals surface area contributed by atoms with Crippen LogP contribution in [0.5, 0.6) is 0 Å². The van der Waals surface area contributed by atoms with Crippen LogP contribution in [0.25, 0.3) is 0 Å². The van der Waals surface area contributed by atoms with Crippen LogP contribution >= 0.6 is 11.3 Å². The van der Waals surface area contributed by atoms with Gasteiger partial charge in [0.05, 0.1) is 17.0 Å². The predicted molar refractivity (Wildman–Crippen MR) is 80.3 cm³/mol. The van der Waals surface area contributed by atoms with Gasteiger partial charge in [-0.2, -0.15) is 0 Å². The standard InChI is InChI=1S/C15H15N3OS/c1-18(10-12-4-7-17-8-5-12)15(19)13-9-14(20-11-13)3-2-6-16/h4-5,7-9,11H,6,10,16H2,1H3. The third-order valence-corrected chi connectivity index (χ3v) is 3.52. The predicted octanol–water partition coefficient (Wildman–Crippen LogP) is 1.73. The van der Waals surface area contributed by atoms with Crippen LogP contribution in [0.1, 0.15) is 20.8 Å². The molecule has 2 aromatic rings. The van der Waals surface area contributed by atoms with Crippen molar-refractivity contribution in [2.24, 2.45) is 5.73 Å². The molecule has 2 aromatic heterocycles. The normalized spacial score (nSPS) is 9.70. The fourth-order valence-corrected chi connectivity index (χ4v) is 2.46. The third kappa shape index (κ3) is 3.67. The first-order chi connectivity index (χ1) is 9.70. The van der Waals surface area contributed by atoms with Crippen LogP contribution in [0.3, 0.4) is 0 Å². The number of rotatable bonds is 3. The number of amides is 1. The Kier molecular flexibility index (Phi) is 4.88. The molecule has 0 spiro atoms. The maximum Gasteiger partial charge on any atom is 0.254 e. The molecule has 20 heavy (non-hydrogen) atoms. The van der Waals surface area contributed by atoms with Crippen molar-refractivity contribution in [3.63, 3.8) is 0 Å². The van der Waals surface area contributed by atoms with Gasteiger partial charge in [-0.3, -0.25) is 9.78 Å². The van der Waals surface area contributed by atoms with Gasteiger partial charge in [-0.1, -0.05) is 11.8 Å². The van der Waals surface area contributed by atoms with E-state index in [1.54, 1.807) is 30.4 Å². The van der Waals surface area contributed by atoms with Crippen molar-refractivity contribution in [2.75, 3.05) is 13.6 Å². The molecule has 0 atom stereocenters. The molecule has 0 saturated heterocycles. The van der Waals surface area contributed by atoms with Gasteiger partial charge in [0.25, 0.3) is 5.91 Å². The van der Waals surface area contributed by atoms with Gasteiger partial charge < -0.3 is 10.6 Å². The molecular weight excluding hydrogens is 270 g/mol. The summed E-state index contributed by atoms with van der Waals surface area (Å²) in [7, 11) is 1.78. The Morgan fingerprint density at radius 2 is 2.20 bits per heavy atom. The summed E-state index contributed by atoms with van der Waals surface area (Å²) in [5.74, 6) is 5.70. The highest BCUT2D eigenvalue weighted by molar-refractivity contribution is 7.10. The molecule has 2 heterocycles. The first-order valence-electron chi connectivity index (χ1n) is 6.12. The minimum Gasteiger partial charge on any atom is -0.337 e. The second kappa shape index (κ2) is 6.85. The van der Waals surface area contributed by atoms with E-state index in [4.69, 9.17) is 5.73 Å². The zero-order chi connectivity index (χ0) is 14.4. The molecule has 0 unspecified atom stereocenters. The molecule has 0 aliphatic rings. The van der Waals surface area contributed by atoms with Gasteiger partial charge in [0.1, 0.15) is 0 Å². The highest BCUT2D eigenvalue weighted by Crippen LogP contribution is 2.16. The second-order valence-electron chi connectivity index (χ2n) is 4.22. The van der Waals surface area contributed by atoms with E-state index in [0.717, 1.165) is 10.4 Å². The van der Waals surface area contributed by atoms with E-state index in [1.165, 1.54) is 11.3 Å². The van der Waals surface area contributed by atoms with Crippen molar-refractivity contribution in [1.29, 1.82) is 0 Å². The first-order valence-corrected chi connectivity index (χ1v) is 7.00. The number of nitrogens with two attached hydrogens (primary N) is 1. The lowest BCUT2D eigenvalue weighted by molar-refractivity contribution is 0.0785. The number of pyridine rings is 1. The summed E-state index contributed by atoms with van der Waals surface area (Å²) in [5, 5.41) is 1.83. The summed E-state index contributed by atoms with van der Waals surface area (Å²) >= 11 is 1.45. The van der Waals surface area contributed by atoms with Crippen LogP contribution in [-0.4, -0.2) is 29.4 Å². The van der Waals surface area contributed by atoms with E-state index >= 15 is 0 Å². The average molecular weight is 285 g/mol. The minimum absolute atomic E-state index is 0.0149. The summed E-state index contributed by atoms with van der Waals surface area (Å²) in [4.78, 5) is 18.8. The van der Waals surface area contributed by atoms with Crippen LogP contribution in [0, 0.1) is 11.8 Å². The number of nitrogens with zero attached hydrogens (tertiary/aromatic N) is 2. The number of thiophene rings is 1. The van der Waals surface area contributed by atoms with Gasteiger partial charge in [-0.05, 0) is 23.8 Å². The maximum absolute atomic E-state index is 12.3. The molecule has 0 aromatic carbocycles. The smallest absolute Gasteiger partial charge is 0.254 e. The molecule has 0 aliphatic carbocycles. The van der Waals surface area contributed by atoms with Gasteiger partial charge in [0, 0.05) is 31.4 Å². The van der Waals surface area contributed by atoms with Crippen LogP contribution in [0.2, 0.25) is 0 Å². The van der Waals surface area contributed by atoms with Gasteiger partial charge in [-0.25, -0.2) is 0 Å². The Labute approximate surface area is 122 Å². The zero-order valence-corrected chi connectivity index (χ0v) is 12.0. The number of carbonyl (C=O) groups is 1. The van der Waals surface area contributed by atoms with E-state index in [2.05, 4.69) is 16.8 Å². The van der Waals surface area contributed by atoms with Gasteiger partial charge in [0.2, 0.25) is 0 Å². The fourth-order valence-electron chi connectivity index (χ4n) is 1.71. The third-order valence-electron chi connectivity index (χ3n) is 2.68. The largest absolute Gasteiger partial charge is 0.337 e. The van der Waals surface area contributed by atoms with Crippen molar-refractivity contribution in [1.82, 2.24) is 9.88 Å². The summed E-state index contributed by atoms with van der Waals surface area (Å²) in [5.41, 5.74) is 7.04. The Balaban J connectivity index is 2.05. The van der Waals surface area contributed by atoms with Crippen molar-refractivity contribution in [3.05, 3.63) is 52.0 Å². The second-order valence-corrected chi connectivity index (χ2v) is 5.13. The lowest BCUT2D eigenvalue weighted by Gasteiger charge is -2.16. The maximum atomic E-state index is 12.3.